The van der Waals surface area contributed by atoms with Gasteiger partial charge in [-0.2, -0.15) is 0 Å². The van der Waals surface area contributed by atoms with E-state index in [1.54, 1.807) is 24.3 Å². The molecule has 0 amide bonds. The third-order valence-corrected chi connectivity index (χ3v) is 3.95. The van der Waals surface area contributed by atoms with Gasteiger partial charge < -0.3 is 18.9 Å². The predicted octanol–water partition coefficient (Wildman–Crippen LogP) is 3.60. The molecule has 6 heteroatoms. The van der Waals surface area contributed by atoms with Crippen LogP contribution >= 0.6 is 0 Å². The second-order valence-corrected chi connectivity index (χ2v) is 5.98. The minimum Gasteiger partial charge on any atom is -0.493 e. The van der Waals surface area contributed by atoms with Crippen molar-refractivity contribution in [3.05, 3.63) is 78.4 Å². The van der Waals surface area contributed by atoms with Crippen LogP contribution in [0.5, 0.6) is 11.5 Å². The highest BCUT2D eigenvalue weighted by Gasteiger charge is 2.24. The van der Waals surface area contributed by atoms with Crippen LogP contribution in [0.25, 0.3) is 6.08 Å². The quantitative estimate of drug-likeness (QED) is 0.347. The molecular weight excluding hydrogens is 372 g/mol. The number of benzene rings is 2. The Kier molecular flexibility index (Phi) is 8.51. The summed E-state index contributed by atoms with van der Waals surface area (Å²) >= 11 is 0. The molecule has 152 valence electrons. The number of rotatable bonds is 10. The first-order chi connectivity index (χ1) is 14.1. The van der Waals surface area contributed by atoms with Crippen molar-refractivity contribution in [3.8, 4) is 11.5 Å². The first kappa shape index (κ1) is 21.8. The zero-order chi connectivity index (χ0) is 21.1. The van der Waals surface area contributed by atoms with Gasteiger partial charge in [0.2, 0.25) is 6.10 Å². The molecule has 0 fully saturated rings. The van der Waals surface area contributed by atoms with Crippen molar-refractivity contribution in [2.45, 2.75) is 12.5 Å². The van der Waals surface area contributed by atoms with E-state index < -0.39 is 18.0 Å². The molecule has 2 rings (SSSR count). The summed E-state index contributed by atoms with van der Waals surface area (Å²) in [6.07, 6.45) is 3.35. The van der Waals surface area contributed by atoms with Gasteiger partial charge in [0, 0.05) is 12.5 Å². The lowest BCUT2D eigenvalue weighted by Crippen LogP contribution is -2.31. The molecule has 2 aromatic rings. The first-order valence-corrected chi connectivity index (χ1v) is 8.99. The van der Waals surface area contributed by atoms with Crippen molar-refractivity contribution >= 4 is 18.0 Å². The molecule has 2 aromatic carbocycles. The van der Waals surface area contributed by atoms with Gasteiger partial charge in [-0.15, -0.1) is 0 Å². The van der Waals surface area contributed by atoms with Crippen molar-refractivity contribution in [2.24, 2.45) is 0 Å². The van der Waals surface area contributed by atoms with Crippen molar-refractivity contribution < 1.29 is 28.5 Å². The molecule has 1 atom stereocenters. The Morgan fingerprint density at radius 2 is 1.76 bits per heavy atom. The van der Waals surface area contributed by atoms with E-state index in [4.69, 9.17) is 18.9 Å². The van der Waals surface area contributed by atoms with Gasteiger partial charge in [0.1, 0.15) is 6.61 Å². The fourth-order valence-electron chi connectivity index (χ4n) is 2.54. The van der Waals surface area contributed by atoms with Crippen molar-refractivity contribution in [3.63, 3.8) is 0 Å². The Morgan fingerprint density at radius 3 is 2.41 bits per heavy atom. The second-order valence-electron chi connectivity index (χ2n) is 5.98. The van der Waals surface area contributed by atoms with Crippen LogP contribution in [0.1, 0.15) is 11.1 Å². The maximum absolute atomic E-state index is 12.4. The molecule has 0 saturated heterocycles. The van der Waals surface area contributed by atoms with Crippen LogP contribution in [0, 0.1) is 0 Å². The average Bonchev–Trinajstić information content (AvgIpc) is 2.76. The standard InChI is InChI=1S/C23H24O6/c1-4-14-28-23(25)21(16-18-10-12-19(26-2)20(15-18)27-3)29-22(24)13-11-17-8-6-5-7-9-17/h4-13,15,21H,1,14,16H2,2-3H3/b13-11+. The normalized spacial score (nSPS) is 11.5. The van der Waals surface area contributed by atoms with E-state index in [0.29, 0.717) is 11.5 Å². The summed E-state index contributed by atoms with van der Waals surface area (Å²) in [5.41, 5.74) is 1.57. The van der Waals surface area contributed by atoms with Gasteiger partial charge in [-0.05, 0) is 29.3 Å². The summed E-state index contributed by atoms with van der Waals surface area (Å²) in [6, 6.07) is 14.5. The number of carbonyl (C=O) groups is 2. The molecular formula is C23H24O6. The zero-order valence-electron chi connectivity index (χ0n) is 16.5. The van der Waals surface area contributed by atoms with Crippen molar-refractivity contribution in [2.75, 3.05) is 20.8 Å². The highest BCUT2D eigenvalue weighted by molar-refractivity contribution is 5.89. The summed E-state index contributed by atoms with van der Waals surface area (Å²) in [4.78, 5) is 24.6. The van der Waals surface area contributed by atoms with E-state index in [1.807, 2.05) is 30.3 Å². The average molecular weight is 396 g/mol. The van der Waals surface area contributed by atoms with E-state index in [9.17, 15) is 9.59 Å². The van der Waals surface area contributed by atoms with E-state index in [0.717, 1.165) is 11.1 Å². The third kappa shape index (κ3) is 6.84. The Bertz CT molecular complexity index is 857. The van der Waals surface area contributed by atoms with Gasteiger partial charge in [0.25, 0.3) is 0 Å². The molecule has 0 aliphatic rings. The number of esters is 2. The first-order valence-electron chi connectivity index (χ1n) is 8.99. The van der Waals surface area contributed by atoms with Crippen LogP contribution in [0.4, 0.5) is 0 Å². The van der Waals surface area contributed by atoms with Gasteiger partial charge in [-0.1, -0.05) is 49.1 Å². The summed E-state index contributed by atoms with van der Waals surface area (Å²) in [5.74, 6) is -0.223. The number of ether oxygens (including phenoxy) is 4. The number of hydrogen-bond donors (Lipinski definition) is 0. The number of methoxy groups -OCH3 is 2. The van der Waals surface area contributed by atoms with E-state index in [-0.39, 0.29) is 13.0 Å². The Hall–Kier alpha value is -3.54. The summed E-state index contributed by atoms with van der Waals surface area (Å²) in [7, 11) is 3.06. The molecule has 0 radical (unpaired) electrons. The molecule has 0 spiro atoms. The van der Waals surface area contributed by atoms with E-state index in [2.05, 4.69) is 6.58 Å². The Balaban J connectivity index is 2.14. The summed E-state index contributed by atoms with van der Waals surface area (Å²) in [5, 5.41) is 0. The maximum Gasteiger partial charge on any atom is 0.348 e. The molecule has 0 aromatic heterocycles. The third-order valence-electron chi connectivity index (χ3n) is 3.95. The number of hydrogen-bond acceptors (Lipinski definition) is 6. The second kappa shape index (κ2) is 11.3. The SMILES string of the molecule is C=CCOC(=O)C(Cc1ccc(OC)c(OC)c1)OC(=O)/C=C/c1ccccc1. The fraction of sp³-hybridized carbons (Fsp3) is 0.217. The highest BCUT2D eigenvalue weighted by Crippen LogP contribution is 2.28. The molecule has 0 aliphatic heterocycles. The summed E-state index contributed by atoms with van der Waals surface area (Å²) < 4.78 is 20.9. The lowest BCUT2D eigenvalue weighted by atomic mass is 10.1. The molecule has 0 aliphatic carbocycles. The lowest BCUT2D eigenvalue weighted by molar-refractivity contribution is -0.164. The minimum absolute atomic E-state index is 0.0265. The molecule has 0 bridgehead atoms. The van der Waals surface area contributed by atoms with Crippen LogP contribution in [0.2, 0.25) is 0 Å². The van der Waals surface area contributed by atoms with Crippen LogP contribution < -0.4 is 9.47 Å². The monoisotopic (exact) mass is 396 g/mol. The molecule has 29 heavy (non-hydrogen) atoms. The molecule has 0 heterocycles. The molecule has 0 N–H and O–H groups in total. The molecule has 0 saturated carbocycles. The highest BCUT2D eigenvalue weighted by atomic mass is 16.6. The molecule has 6 nitrogen and oxygen atoms in total. The van der Waals surface area contributed by atoms with Crippen molar-refractivity contribution in [1.82, 2.24) is 0 Å². The van der Waals surface area contributed by atoms with Gasteiger partial charge in [0.05, 0.1) is 14.2 Å². The van der Waals surface area contributed by atoms with Crippen LogP contribution in [-0.4, -0.2) is 38.9 Å². The summed E-state index contributed by atoms with van der Waals surface area (Å²) in [6.45, 7) is 3.54. The topological polar surface area (TPSA) is 71.1 Å². The predicted molar refractivity (Wildman–Crippen MR) is 110 cm³/mol. The van der Waals surface area contributed by atoms with Gasteiger partial charge in [-0.3, -0.25) is 0 Å². The Morgan fingerprint density at radius 1 is 1.03 bits per heavy atom. The lowest BCUT2D eigenvalue weighted by Gasteiger charge is -2.17. The van der Waals surface area contributed by atoms with Crippen LogP contribution in [0.3, 0.4) is 0 Å². The molecule has 1 unspecified atom stereocenters. The van der Waals surface area contributed by atoms with Gasteiger partial charge >= 0.3 is 11.9 Å². The smallest absolute Gasteiger partial charge is 0.348 e. The van der Waals surface area contributed by atoms with Crippen LogP contribution in [0.15, 0.2) is 67.3 Å². The van der Waals surface area contributed by atoms with Crippen molar-refractivity contribution in [1.29, 1.82) is 0 Å². The Labute approximate surface area is 170 Å². The minimum atomic E-state index is -1.11. The maximum atomic E-state index is 12.4. The van der Waals surface area contributed by atoms with E-state index >= 15 is 0 Å². The largest absolute Gasteiger partial charge is 0.493 e. The van der Waals surface area contributed by atoms with Gasteiger partial charge in [0.15, 0.2) is 11.5 Å². The van der Waals surface area contributed by atoms with E-state index in [1.165, 1.54) is 26.4 Å². The van der Waals surface area contributed by atoms with Gasteiger partial charge in [-0.25, -0.2) is 9.59 Å². The fourth-order valence-corrected chi connectivity index (χ4v) is 2.54. The zero-order valence-corrected chi connectivity index (χ0v) is 16.5. The van der Waals surface area contributed by atoms with Crippen LogP contribution in [-0.2, 0) is 25.5 Å². The number of carbonyl (C=O) groups excluding carboxylic acids is 2.